The first kappa shape index (κ1) is 17.5. The fourth-order valence-electron chi connectivity index (χ4n) is 4.41. The summed E-state index contributed by atoms with van der Waals surface area (Å²) in [5, 5.41) is 0. The summed E-state index contributed by atoms with van der Waals surface area (Å²) >= 11 is 0. The van der Waals surface area contributed by atoms with E-state index in [1.165, 1.54) is 22.5 Å². The Morgan fingerprint density at radius 1 is 0.704 bits per heavy atom. The second-order valence-corrected chi connectivity index (χ2v) is 7.51. The molecule has 27 heavy (non-hydrogen) atoms. The summed E-state index contributed by atoms with van der Waals surface area (Å²) in [6.07, 6.45) is 0. The standard InChI is InChI=1S/C25H27N2/c1-19-23(20-13-7-4-8-14-20)25(26(2)3)27(19)24(21-15-9-5-10-16-21)22-17-11-6-12-18-22/h4-19,23-24H,1-3H3/q+1/t19-,23-/m1/s1. The van der Waals surface area contributed by atoms with Crippen LogP contribution in [-0.4, -0.2) is 35.4 Å². The molecule has 1 saturated heterocycles. The first-order valence-corrected chi connectivity index (χ1v) is 9.66. The lowest BCUT2D eigenvalue weighted by Crippen LogP contribution is -2.61. The highest BCUT2D eigenvalue weighted by molar-refractivity contribution is 5.92. The summed E-state index contributed by atoms with van der Waals surface area (Å²) in [5.74, 6) is 1.81. The molecule has 0 aliphatic carbocycles. The maximum absolute atomic E-state index is 2.59. The van der Waals surface area contributed by atoms with E-state index in [4.69, 9.17) is 0 Å². The Bertz CT molecular complexity index is 873. The van der Waals surface area contributed by atoms with Crippen LogP contribution in [0.5, 0.6) is 0 Å². The van der Waals surface area contributed by atoms with Crippen LogP contribution in [-0.2, 0) is 0 Å². The van der Waals surface area contributed by atoms with E-state index in [9.17, 15) is 0 Å². The smallest absolute Gasteiger partial charge is 0.259 e. The molecule has 2 atom stereocenters. The number of amidine groups is 1. The Morgan fingerprint density at radius 3 is 1.59 bits per heavy atom. The van der Waals surface area contributed by atoms with Gasteiger partial charge in [-0.25, -0.2) is 0 Å². The van der Waals surface area contributed by atoms with Crippen LogP contribution in [0.1, 0.15) is 35.6 Å². The van der Waals surface area contributed by atoms with E-state index in [-0.39, 0.29) is 6.04 Å². The molecule has 4 rings (SSSR count). The van der Waals surface area contributed by atoms with Gasteiger partial charge in [0.2, 0.25) is 0 Å². The summed E-state index contributed by atoms with van der Waals surface area (Å²) < 4.78 is 2.29. The fourth-order valence-corrected chi connectivity index (χ4v) is 4.41. The topological polar surface area (TPSA) is 6.25 Å². The average Bonchev–Trinajstić information content (AvgIpc) is 2.71. The van der Waals surface area contributed by atoms with E-state index in [1.54, 1.807) is 0 Å². The van der Waals surface area contributed by atoms with Crippen molar-refractivity contribution < 1.29 is 4.58 Å². The quantitative estimate of drug-likeness (QED) is 0.601. The highest BCUT2D eigenvalue weighted by Gasteiger charge is 2.54. The summed E-state index contributed by atoms with van der Waals surface area (Å²) in [7, 11) is 4.33. The molecule has 1 heterocycles. The molecule has 3 aromatic carbocycles. The average molecular weight is 356 g/mol. The van der Waals surface area contributed by atoms with E-state index in [2.05, 4.69) is 121 Å². The van der Waals surface area contributed by atoms with E-state index in [0.717, 1.165) is 0 Å². The number of hydrogen-bond acceptors (Lipinski definition) is 0. The maximum Gasteiger partial charge on any atom is 0.259 e. The van der Waals surface area contributed by atoms with E-state index < -0.39 is 0 Å². The number of likely N-dealkylation sites (tertiary alicyclic amines) is 1. The van der Waals surface area contributed by atoms with Crippen molar-refractivity contribution in [1.29, 1.82) is 0 Å². The summed E-state index contributed by atoms with van der Waals surface area (Å²) in [6, 6.07) is 33.2. The van der Waals surface area contributed by atoms with E-state index in [1.807, 2.05) is 0 Å². The monoisotopic (exact) mass is 355 g/mol. The van der Waals surface area contributed by atoms with Gasteiger partial charge in [0, 0.05) is 11.1 Å². The summed E-state index contributed by atoms with van der Waals surface area (Å²) in [4.78, 5) is 2.59. The third-order valence-electron chi connectivity index (χ3n) is 5.59. The van der Waals surface area contributed by atoms with Gasteiger partial charge in [-0.3, -0.25) is 9.48 Å². The molecule has 0 unspecified atom stereocenters. The molecule has 0 aromatic heterocycles. The van der Waals surface area contributed by atoms with Crippen LogP contribution in [0.25, 0.3) is 0 Å². The third kappa shape index (κ3) is 3.16. The second-order valence-electron chi connectivity index (χ2n) is 7.51. The molecule has 2 heteroatoms. The summed E-state index contributed by atoms with van der Waals surface area (Å²) in [6.45, 7) is 2.35. The maximum atomic E-state index is 2.59. The number of benzene rings is 3. The summed E-state index contributed by atoms with van der Waals surface area (Å²) in [5.41, 5.74) is 4.06. The molecule has 0 amide bonds. The van der Waals surface area contributed by atoms with Gasteiger partial charge in [0.1, 0.15) is 18.0 Å². The zero-order valence-corrected chi connectivity index (χ0v) is 16.3. The van der Waals surface area contributed by atoms with Gasteiger partial charge in [-0.15, -0.1) is 0 Å². The van der Waals surface area contributed by atoms with Crippen molar-refractivity contribution in [2.24, 2.45) is 0 Å². The zero-order chi connectivity index (χ0) is 18.8. The molecule has 0 spiro atoms. The van der Waals surface area contributed by atoms with Crippen LogP contribution in [0.3, 0.4) is 0 Å². The molecule has 0 bridgehead atoms. The fraction of sp³-hybridized carbons (Fsp3) is 0.240. The van der Waals surface area contributed by atoms with Crippen molar-refractivity contribution in [3.8, 4) is 0 Å². The molecule has 2 nitrogen and oxygen atoms in total. The minimum atomic E-state index is 0.222. The molecular weight excluding hydrogens is 328 g/mol. The van der Waals surface area contributed by atoms with Crippen LogP contribution in [0, 0.1) is 0 Å². The van der Waals surface area contributed by atoms with Crippen molar-refractivity contribution in [3.05, 3.63) is 108 Å². The molecule has 1 fully saturated rings. The first-order chi connectivity index (χ1) is 13.2. The normalized spacial score (nSPS) is 19.1. The van der Waals surface area contributed by atoms with Crippen molar-refractivity contribution >= 4 is 5.84 Å². The predicted octanol–water partition coefficient (Wildman–Crippen LogP) is 4.93. The Morgan fingerprint density at radius 2 is 1.15 bits per heavy atom. The lowest BCUT2D eigenvalue weighted by atomic mass is 9.78. The lowest BCUT2D eigenvalue weighted by molar-refractivity contribution is -0.477. The van der Waals surface area contributed by atoms with Crippen LogP contribution >= 0.6 is 0 Å². The van der Waals surface area contributed by atoms with Crippen LogP contribution in [0.15, 0.2) is 91.0 Å². The highest BCUT2D eigenvalue weighted by atomic mass is 15.3. The molecule has 1 aliphatic heterocycles. The van der Waals surface area contributed by atoms with Crippen LogP contribution in [0.4, 0.5) is 0 Å². The predicted molar refractivity (Wildman–Crippen MR) is 112 cm³/mol. The Kier molecular flexibility index (Phi) is 4.81. The largest absolute Gasteiger partial charge is 0.270 e. The van der Waals surface area contributed by atoms with Crippen molar-refractivity contribution in [2.45, 2.75) is 24.9 Å². The van der Waals surface area contributed by atoms with Gasteiger partial charge < -0.3 is 0 Å². The molecule has 3 aromatic rings. The van der Waals surface area contributed by atoms with Gasteiger partial charge in [-0.1, -0.05) is 91.0 Å². The molecule has 0 radical (unpaired) electrons. The molecule has 1 aliphatic rings. The third-order valence-corrected chi connectivity index (χ3v) is 5.59. The van der Waals surface area contributed by atoms with Gasteiger partial charge in [0.15, 0.2) is 0 Å². The minimum Gasteiger partial charge on any atom is -0.270 e. The van der Waals surface area contributed by atoms with Gasteiger partial charge >= 0.3 is 0 Å². The first-order valence-electron chi connectivity index (χ1n) is 9.66. The van der Waals surface area contributed by atoms with Crippen molar-refractivity contribution in [2.75, 3.05) is 14.1 Å². The van der Waals surface area contributed by atoms with Gasteiger partial charge in [0.05, 0.1) is 14.1 Å². The zero-order valence-electron chi connectivity index (χ0n) is 16.3. The Hall–Kier alpha value is -2.87. The van der Waals surface area contributed by atoms with Crippen molar-refractivity contribution in [3.63, 3.8) is 0 Å². The van der Waals surface area contributed by atoms with Crippen molar-refractivity contribution in [1.82, 2.24) is 4.90 Å². The van der Waals surface area contributed by atoms with E-state index in [0.29, 0.717) is 12.0 Å². The van der Waals surface area contributed by atoms with Crippen LogP contribution in [0.2, 0.25) is 0 Å². The lowest BCUT2D eigenvalue weighted by Gasteiger charge is -2.47. The number of rotatable bonds is 4. The van der Waals surface area contributed by atoms with Gasteiger partial charge in [-0.05, 0) is 12.5 Å². The Balaban J connectivity index is 1.80. The number of nitrogens with zero attached hydrogens (tertiary/aromatic N) is 2. The highest BCUT2D eigenvalue weighted by Crippen LogP contribution is 2.44. The minimum absolute atomic E-state index is 0.222. The molecule has 0 N–H and O–H groups in total. The molecular formula is C25H27N2+. The van der Waals surface area contributed by atoms with Gasteiger partial charge in [0.25, 0.3) is 5.84 Å². The molecule has 136 valence electrons. The van der Waals surface area contributed by atoms with Gasteiger partial charge in [-0.2, -0.15) is 0 Å². The van der Waals surface area contributed by atoms with Crippen LogP contribution < -0.4 is 0 Å². The van der Waals surface area contributed by atoms with E-state index >= 15 is 0 Å². The second kappa shape index (κ2) is 7.40. The molecule has 0 saturated carbocycles. The Labute approximate surface area is 162 Å². The number of hydrogen-bond donors (Lipinski definition) is 0. The SMILES string of the molecule is C[C@@H]1[C@H](c2ccccc2)C(=[N+](C)C)N1C(c1ccccc1)c1ccccc1.